The molecular weight excluding hydrogens is 400 g/mol. The van der Waals surface area contributed by atoms with Crippen molar-refractivity contribution in [1.82, 2.24) is 9.55 Å². The fraction of sp³-hybridized carbons (Fsp3) is 0.174. The maximum atomic E-state index is 12.6. The molecule has 0 aliphatic carbocycles. The molecule has 7 heteroatoms. The van der Waals surface area contributed by atoms with Gasteiger partial charge < -0.3 is 9.67 Å². The van der Waals surface area contributed by atoms with E-state index >= 15 is 0 Å². The molecule has 2 aromatic heterocycles. The largest absolute Gasteiger partial charge is 0.388 e. The van der Waals surface area contributed by atoms with Gasteiger partial charge in [-0.2, -0.15) is 8.42 Å². The molecule has 0 bridgehead atoms. The van der Waals surface area contributed by atoms with Crippen LogP contribution in [-0.2, 0) is 14.3 Å². The van der Waals surface area contributed by atoms with Crippen molar-refractivity contribution in [1.29, 1.82) is 0 Å². The Morgan fingerprint density at radius 2 is 1.73 bits per heavy atom. The van der Waals surface area contributed by atoms with Gasteiger partial charge in [0.25, 0.3) is 10.1 Å². The average molecular weight is 423 g/mol. The number of nitrogens with zero attached hydrogens (tertiary/aromatic N) is 2. The summed E-state index contributed by atoms with van der Waals surface area (Å²) in [5.74, 6) is 0. The lowest BCUT2D eigenvalue weighted by Gasteiger charge is -2.25. The molecule has 1 N–H and O–H groups in total. The predicted molar refractivity (Wildman–Crippen MR) is 115 cm³/mol. The zero-order valence-corrected chi connectivity index (χ0v) is 17.2. The van der Waals surface area contributed by atoms with Crippen molar-refractivity contribution in [3.05, 3.63) is 96.3 Å². The van der Waals surface area contributed by atoms with Crippen LogP contribution in [-0.4, -0.2) is 35.8 Å². The number of aryl methyl sites for hydroxylation is 1. The summed E-state index contributed by atoms with van der Waals surface area (Å²) >= 11 is 0. The van der Waals surface area contributed by atoms with Gasteiger partial charge in [0.2, 0.25) is 0 Å². The Kier molecular flexibility index (Phi) is 5.67. The summed E-state index contributed by atoms with van der Waals surface area (Å²) in [6, 6.07) is 20.9. The van der Waals surface area contributed by atoms with Crippen LogP contribution in [0.5, 0.6) is 0 Å². The van der Waals surface area contributed by atoms with Crippen LogP contribution in [0.2, 0.25) is 0 Å². The molecule has 0 aliphatic heterocycles. The van der Waals surface area contributed by atoms with E-state index in [9.17, 15) is 13.5 Å². The van der Waals surface area contributed by atoms with Crippen LogP contribution in [0.1, 0.15) is 17.2 Å². The average Bonchev–Trinajstić information content (AvgIpc) is 3.18. The molecule has 0 fully saturated rings. The van der Waals surface area contributed by atoms with E-state index in [-0.39, 0.29) is 11.5 Å². The smallest absolute Gasteiger partial charge is 0.297 e. The van der Waals surface area contributed by atoms with E-state index in [1.165, 1.54) is 12.1 Å². The third-order valence-corrected chi connectivity index (χ3v) is 6.28. The van der Waals surface area contributed by atoms with Gasteiger partial charge in [-0.15, -0.1) is 0 Å². The highest BCUT2D eigenvalue weighted by molar-refractivity contribution is 7.86. The Morgan fingerprint density at radius 3 is 2.47 bits per heavy atom. The number of aromatic nitrogens is 2. The lowest BCUT2D eigenvalue weighted by molar-refractivity contribution is 0.0783. The number of rotatable bonds is 7. The first-order valence-electron chi connectivity index (χ1n) is 9.56. The summed E-state index contributed by atoms with van der Waals surface area (Å²) in [5, 5.41) is 11.9. The van der Waals surface area contributed by atoms with E-state index in [1.807, 2.05) is 66.2 Å². The Hall–Kier alpha value is -3.00. The molecule has 0 spiro atoms. The molecule has 0 unspecified atom stereocenters. The zero-order valence-electron chi connectivity index (χ0n) is 16.4. The van der Waals surface area contributed by atoms with Crippen molar-refractivity contribution >= 4 is 21.2 Å². The highest BCUT2D eigenvalue weighted by Crippen LogP contribution is 2.28. The molecule has 0 amide bonds. The second-order valence-corrected chi connectivity index (χ2v) is 8.73. The third-order valence-electron chi connectivity index (χ3n) is 4.98. The molecule has 4 rings (SSSR count). The van der Waals surface area contributed by atoms with Crippen LogP contribution in [0.4, 0.5) is 0 Å². The normalized spacial score (nSPS) is 13.9. The van der Waals surface area contributed by atoms with Crippen molar-refractivity contribution in [2.75, 3.05) is 6.61 Å². The Labute approximate surface area is 175 Å². The molecule has 6 nitrogen and oxygen atoms in total. The summed E-state index contributed by atoms with van der Waals surface area (Å²) in [5.41, 5.74) is 2.47. The van der Waals surface area contributed by atoms with Crippen LogP contribution < -0.4 is 0 Å². The third kappa shape index (κ3) is 4.14. The van der Waals surface area contributed by atoms with E-state index in [0.717, 1.165) is 16.5 Å². The van der Waals surface area contributed by atoms with Crippen molar-refractivity contribution in [2.45, 2.75) is 24.0 Å². The minimum absolute atomic E-state index is 0.0599. The molecule has 2 heterocycles. The van der Waals surface area contributed by atoms with Crippen molar-refractivity contribution in [2.24, 2.45) is 0 Å². The first kappa shape index (κ1) is 20.3. The number of fused-ring (bicyclic) bond motifs is 1. The van der Waals surface area contributed by atoms with Crippen molar-refractivity contribution in [3.8, 4) is 0 Å². The molecule has 154 valence electrons. The van der Waals surface area contributed by atoms with Crippen molar-refractivity contribution < 1.29 is 17.7 Å². The lowest BCUT2D eigenvalue weighted by Crippen LogP contribution is -2.30. The number of pyridine rings is 1. The summed E-state index contributed by atoms with van der Waals surface area (Å²) in [6.07, 6.45) is 2.41. The Morgan fingerprint density at radius 1 is 1.00 bits per heavy atom. The van der Waals surface area contributed by atoms with E-state index in [4.69, 9.17) is 4.18 Å². The van der Waals surface area contributed by atoms with Crippen LogP contribution in [0.25, 0.3) is 11.0 Å². The van der Waals surface area contributed by atoms with Gasteiger partial charge in [-0.25, -0.2) is 4.98 Å². The summed E-state index contributed by atoms with van der Waals surface area (Å²) in [4.78, 5) is 4.49. The first-order valence-corrected chi connectivity index (χ1v) is 11.0. The van der Waals surface area contributed by atoms with Gasteiger partial charge in [-0.05, 0) is 42.8 Å². The second kappa shape index (κ2) is 8.39. The van der Waals surface area contributed by atoms with Gasteiger partial charge in [0, 0.05) is 17.8 Å². The van der Waals surface area contributed by atoms with Gasteiger partial charge in [-0.1, -0.05) is 48.0 Å². The second-order valence-electron chi connectivity index (χ2n) is 7.11. The first-order chi connectivity index (χ1) is 14.5. The van der Waals surface area contributed by atoms with Crippen LogP contribution in [0.15, 0.2) is 90.1 Å². The standard InChI is InChI=1S/C23H22N2O4S/c1-17-9-11-20(12-10-17)30(27,28)29-16-21(26)22(18-6-3-2-4-7-18)25-15-13-19-8-5-14-24-23(19)25/h2-15,21-22,26H,16H2,1H3/t21-,22+/m1/s1. The van der Waals surface area contributed by atoms with Gasteiger partial charge >= 0.3 is 0 Å². The van der Waals surface area contributed by atoms with E-state index < -0.39 is 22.3 Å². The minimum Gasteiger partial charge on any atom is -0.388 e. The van der Waals surface area contributed by atoms with Crippen molar-refractivity contribution in [3.63, 3.8) is 0 Å². The fourth-order valence-electron chi connectivity index (χ4n) is 3.45. The minimum atomic E-state index is -3.98. The maximum absolute atomic E-state index is 12.6. The molecule has 0 aliphatic rings. The van der Waals surface area contributed by atoms with Crippen LogP contribution >= 0.6 is 0 Å². The van der Waals surface area contributed by atoms with E-state index in [0.29, 0.717) is 5.65 Å². The van der Waals surface area contributed by atoms with Gasteiger partial charge in [0.05, 0.1) is 17.5 Å². The molecule has 0 saturated heterocycles. The van der Waals surface area contributed by atoms with Crippen LogP contribution in [0.3, 0.4) is 0 Å². The molecule has 30 heavy (non-hydrogen) atoms. The quantitative estimate of drug-likeness (QED) is 0.459. The van der Waals surface area contributed by atoms with Crippen LogP contribution in [0, 0.1) is 6.92 Å². The number of aliphatic hydroxyl groups is 1. The number of hydrogen-bond donors (Lipinski definition) is 1. The van der Waals surface area contributed by atoms with Gasteiger partial charge in [0.15, 0.2) is 0 Å². The van der Waals surface area contributed by atoms with Gasteiger partial charge in [0.1, 0.15) is 11.8 Å². The molecular formula is C23H22N2O4S. The highest BCUT2D eigenvalue weighted by Gasteiger charge is 2.27. The zero-order chi connectivity index (χ0) is 21.1. The molecule has 0 saturated carbocycles. The van der Waals surface area contributed by atoms with E-state index in [2.05, 4.69) is 4.98 Å². The maximum Gasteiger partial charge on any atom is 0.297 e. The molecule has 0 radical (unpaired) electrons. The monoisotopic (exact) mass is 422 g/mol. The summed E-state index contributed by atoms with van der Waals surface area (Å²) < 4.78 is 32.2. The molecule has 4 aromatic rings. The number of aliphatic hydroxyl groups excluding tert-OH is 1. The van der Waals surface area contributed by atoms with Gasteiger partial charge in [-0.3, -0.25) is 4.18 Å². The summed E-state index contributed by atoms with van der Waals surface area (Å²) in [7, 11) is -3.98. The Bertz CT molecular complexity index is 1240. The molecule has 2 atom stereocenters. The summed E-state index contributed by atoms with van der Waals surface area (Å²) in [6.45, 7) is 1.49. The lowest BCUT2D eigenvalue weighted by atomic mass is 10.0. The fourth-order valence-corrected chi connectivity index (χ4v) is 4.38. The number of benzene rings is 2. The van der Waals surface area contributed by atoms with E-state index in [1.54, 1.807) is 18.3 Å². The molecule has 2 aromatic carbocycles. The number of hydrogen-bond acceptors (Lipinski definition) is 5. The Balaban J connectivity index is 1.64. The highest BCUT2D eigenvalue weighted by atomic mass is 32.2. The SMILES string of the molecule is Cc1ccc(S(=O)(=O)OC[C@@H](O)[C@H](c2ccccc2)n2ccc3cccnc32)cc1. The topological polar surface area (TPSA) is 81.4 Å². The predicted octanol–water partition coefficient (Wildman–Crippen LogP) is 3.70.